The summed E-state index contributed by atoms with van der Waals surface area (Å²) >= 11 is 1.46. The topological polar surface area (TPSA) is 321 Å². The van der Waals surface area contributed by atoms with E-state index in [2.05, 4.69) is 31.2 Å². The number of aliphatic imine (C=N–C) groups is 1. The molecule has 13 N–H and O–H groups in total. The van der Waals surface area contributed by atoms with Crippen LogP contribution in [0.15, 0.2) is 59.7 Å². The van der Waals surface area contributed by atoms with Crippen LogP contribution < -0.4 is 38.5 Å². The van der Waals surface area contributed by atoms with Crippen LogP contribution >= 0.6 is 11.8 Å². The predicted octanol–water partition coefficient (Wildman–Crippen LogP) is 0.845. The van der Waals surface area contributed by atoms with E-state index in [4.69, 9.17) is 17.2 Å². The summed E-state index contributed by atoms with van der Waals surface area (Å²) in [5.74, 6) is -4.67. The number of aromatic hydroxyl groups is 1. The Balaban J connectivity index is 1.32. The first-order valence-electron chi connectivity index (χ1n) is 23.2. The first kappa shape index (κ1) is 52.6. The summed E-state index contributed by atoms with van der Waals surface area (Å²) in [6.07, 6.45) is 6.39. The molecule has 0 saturated carbocycles. The Morgan fingerprint density at radius 1 is 0.824 bits per heavy atom. The van der Waals surface area contributed by atoms with Crippen molar-refractivity contribution in [2.75, 3.05) is 31.6 Å². The quantitative estimate of drug-likeness (QED) is 0.0339. The molecule has 0 radical (unpaired) electrons. The highest BCUT2D eigenvalue weighted by molar-refractivity contribution is 7.98. The highest BCUT2D eigenvalue weighted by atomic mass is 32.2. The van der Waals surface area contributed by atoms with Crippen LogP contribution in [0.1, 0.15) is 76.3 Å². The molecule has 0 unspecified atom stereocenters. The minimum absolute atomic E-state index is 0.0556. The summed E-state index contributed by atoms with van der Waals surface area (Å²) in [5, 5.41) is 31.8. The van der Waals surface area contributed by atoms with E-state index in [9.17, 15) is 43.8 Å². The number of hydrogen-bond acceptors (Lipinski definition) is 11. The van der Waals surface area contributed by atoms with Crippen LogP contribution in [0.3, 0.4) is 0 Å². The molecule has 21 heteroatoms. The first-order valence-corrected chi connectivity index (χ1v) is 24.6. The zero-order valence-electron chi connectivity index (χ0n) is 38.9. The van der Waals surface area contributed by atoms with Gasteiger partial charge in [-0.1, -0.05) is 50.6 Å². The molecule has 3 heterocycles. The Morgan fingerprint density at radius 3 is 2.12 bits per heavy atom. The maximum atomic E-state index is 14.5. The number of hydrogen-bond donors (Lipinski definition) is 10. The van der Waals surface area contributed by atoms with Crippen LogP contribution in [-0.2, 0) is 46.4 Å². The molecule has 0 aliphatic carbocycles. The number of phenols is 1. The second kappa shape index (κ2) is 25.1. The molecule has 2 aliphatic heterocycles. The van der Waals surface area contributed by atoms with Crippen molar-refractivity contribution in [3.8, 4) is 5.75 Å². The average Bonchev–Trinajstić information content (AvgIpc) is 4.11. The highest BCUT2D eigenvalue weighted by Gasteiger charge is 2.42. The summed E-state index contributed by atoms with van der Waals surface area (Å²) in [6.45, 7) is 4.24. The minimum Gasteiger partial charge on any atom is -0.508 e. The Bertz CT molecular complexity index is 2270. The van der Waals surface area contributed by atoms with E-state index in [0.29, 0.717) is 37.0 Å². The maximum absolute atomic E-state index is 14.5. The van der Waals surface area contributed by atoms with Gasteiger partial charge in [-0.25, -0.2) is 4.79 Å². The van der Waals surface area contributed by atoms with Gasteiger partial charge in [0.25, 0.3) is 0 Å². The number of rotatable bonds is 24. The number of nitrogens with zero attached hydrogens (tertiary/aromatic N) is 3. The number of carbonyl (C=O) groups is 7. The molecule has 0 spiro atoms. The number of carboxylic acids is 1. The van der Waals surface area contributed by atoms with E-state index >= 15 is 0 Å². The maximum Gasteiger partial charge on any atom is 0.326 e. The van der Waals surface area contributed by atoms with Gasteiger partial charge in [0, 0.05) is 43.2 Å². The lowest BCUT2D eigenvalue weighted by atomic mass is 9.96. The molecule has 2 fully saturated rings. The van der Waals surface area contributed by atoms with Gasteiger partial charge < -0.3 is 63.5 Å². The zero-order chi connectivity index (χ0) is 49.5. The Morgan fingerprint density at radius 2 is 1.46 bits per heavy atom. The van der Waals surface area contributed by atoms with Crippen LogP contribution in [-0.4, -0.2) is 146 Å². The fourth-order valence-electron chi connectivity index (χ4n) is 8.72. The number of benzene rings is 2. The van der Waals surface area contributed by atoms with Crippen molar-refractivity contribution in [1.29, 1.82) is 0 Å². The number of nitrogens with two attached hydrogens (primary N) is 3. The van der Waals surface area contributed by atoms with E-state index in [1.165, 1.54) is 33.7 Å². The lowest BCUT2D eigenvalue weighted by Gasteiger charge is -2.32. The van der Waals surface area contributed by atoms with Gasteiger partial charge in [-0.2, -0.15) is 11.8 Å². The molecule has 20 nitrogen and oxygen atoms in total. The van der Waals surface area contributed by atoms with Crippen molar-refractivity contribution < 1.29 is 43.8 Å². The van der Waals surface area contributed by atoms with Crippen molar-refractivity contribution in [2.45, 2.75) is 120 Å². The zero-order valence-corrected chi connectivity index (χ0v) is 39.8. The van der Waals surface area contributed by atoms with Gasteiger partial charge in [-0.15, -0.1) is 0 Å². The van der Waals surface area contributed by atoms with Gasteiger partial charge in [-0.05, 0) is 98.6 Å². The number of nitrogens with one attached hydrogen (secondary N) is 5. The Kier molecular flexibility index (Phi) is 19.5. The molecule has 1 aromatic heterocycles. The number of carbonyl (C=O) groups excluding carboxylic acids is 6. The molecule has 2 aromatic carbocycles. The number of guanidine groups is 1. The third-order valence-corrected chi connectivity index (χ3v) is 13.3. The third kappa shape index (κ3) is 14.1. The number of fused-ring (bicyclic) bond motifs is 1. The number of aromatic amines is 1. The van der Waals surface area contributed by atoms with E-state index in [-0.39, 0.29) is 69.9 Å². The fraction of sp³-hybridized carbons (Fsp3) is 0.532. The van der Waals surface area contributed by atoms with E-state index in [1.807, 2.05) is 37.4 Å². The smallest absolute Gasteiger partial charge is 0.326 e. The Hall–Kier alpha value is -6.35. The van der Waals surface area contributed by atoms with Crippen molar-refractivity contribution in [1.82, 2.24) is 36.1 Å². The molecule has 68 heavy (non-hydrogen) atoms. The monoisotopic (exact) mass is 961 g/mol. The molecule has 3 aromatic rings. The van der Waals surface area contributed by atoms with Crippen LogP contribution in [0.25, 0.3) is 10.9 Å². The van der Waals surface area contributed by atoms with Crippen molar-refractivity contribution in [3.63, 3.8) is 0 Å². The second-order valence-electron chi connectivity index (χ2n) is 17.5. The molecule has 8 atom stereocenters. The standard InChI is InChI=1S/C47H67N11O9S/c1-4-27(2)39(43(63)55-36(45(65)58-22-9-14-38(58)46(66)67)25-29-26-52-33-11-6-5-10-31(29)33)56-42(62)37-13-8-21-57(37)44(64)35(19-23-68-3)54-41(61)34(12-7-20-51-47(49)50)53-40(60)32(48)24-28-15-17-30(59)18-16-28/h5-6,10-11,15-18,26-27,32,34-39,52,59H,4,7-9,12-14,19-25,48H2,1-3H3,(H,53,60)(H,54,61)(H,55,63)(H,56,62)(H,66,67)(H4,49,50,51)/t27-,32-,34-,35-,36-,37-,38-,39-/m0/s1. The Labute approximate surface area is 400 Å². The second-order valence-corrected chi connectivity index (χ2v) is 18.5. The largest absolute Gasteiger partial charge is 0.508 e. The van der Waals surface area contributed by atoms with Crippen molar-refractivity contribution in [3.05, 3.63) is 65.9 Å². The van der Waals surface area contributed by atoms with Gasteiger partial charge in [0.2, 0.25) is 35.4 Å². The van der Waals surface area contributed by atoms with Gasteiger partial charge in [-0.3, -0.25) is 33.8 Å². The number of para-hydroxylation sites is 1. The molecular formula is C47H67N11O9S. The molecule has 2 aliphatic rings. The van der Waals surface area contributed by atoms with Gasteiger partial charge >= 0.3 is 5.97 Å². The number of aromatic nitrogens is 1. The summed E-state index contributed by atoms with van der Waals surface area (Å²) in [6, 6.07) is 6.13. The minimum atomic E-state index is -1.16. The van der Waals surface area contributed by atoms with Crippen LogP contribution in [0, 0.1) is 5.92 Å². The normalized spacial score (nSPS) is 18.4. The summed E-state index contributed by atoms with van der Waals surface area (Å²) in [4.78, 5) is 107. The van der Waals surface area contributed by atoms with E-state index in [1.54, 1.807) is 25.3 Å². The average molecular weight is 962 g/mol. The number of phenolic OH excluding ortho intramolecular Hbond substituents is 1. The van der Waals surface area contributed by atoms with Gasteiger partial charge in [0.1, 0.15) is 42.0 Å². The van der Waals surface area contributed by atoms with Gasteiger partial charge in [0.05, 0.1) is 6.04 Å². The van der Waals surface area contributed by atoms with Crippen LogP contribution in [0.4, 0.5) is 0 Å². The lowest BCUT2D eigenvalue weighted by Crippen LogP contribution is -2.60. The van der Waals surface area contributed by atoms with Gasteiger partial charge in [0.15, 0.2) is 5.96 Å². The summed E-state index contributed by atoms with van der Waals surface area (Å²) in [7, 11) is 0. The summed E-state index contributed by atoms with van der Waals surface area (Å²) in [5.41, 5.74) is 19.5. The molecule has 0 bridgehead atoms. The van der Waals surface area contributed by atoms with E-state index < -0.39 is 89.6 Å². The third-order valence-electron chi connectivity index (χ3n) is 12.7. The fourth-order valence-corrected chi connectivity index (χ4v) is 9.19. The summed E-state index contributed by atoms with van der Waals surface area (Å²) < 4.78 is 0. The number of amides is 6. The molecular weight excluding hydrogens is 895 g/mol. The number of likely N-dealkylation sites (tertiary alicyclic amines) is 2. The van der Waals surface area contributed by atoms with Crippen LogP contribution in [0.2, 0.25) is 0 Å². The molecule has 6 amide bonds. The van der Waals surface area contributed by atoms with Crippen molar-refractivity contribution >= 4 is 70.0 Å². The van der Waals surface area contributed by atoms with E-state index in [0.717, 1.165) is 16.5 Å². The molecule has 2 saturated heterocycles. The number of thioether (sulfide) groups is 1. The number of aliphatic carboxylic acids is 1. The first-order chi connectivity index (χ1) is 32.5. The molecule has 370 valence electrons. The predicted molar refractivity (Wildman–Crippen MR) is 259 cm³/mol. The number of carboxylic acid groups (broad SMARTS) is 1. The SMILES string of the molecule is CC[C@H](C)[C@H](NC(=O)[C@@H]1CCCN1C(=O)[C@H](CCSC)NC(=O)[C@H](CCCN=C(N)N)NC(=O)[C@@H](N)Cc1ccc(O)cc1)C(=O)N[C@@H](Cc1c[nH]c2ccccc12)C(=O)N1CCC[C@H]1C(=O)O. The highest BCUT2D eigenvalue weighted by Crippen LogP contribution is 2.25. The lowest BCUT2D eigenvalue weighted by molar-refractivity contribution is -0.149. The molecule has 5 rings (SSSR count). The van der Waals surface area contributed by atoms with Crippen LogP contribution in [0.5, 0.6) is 5.75 Å². The number of H-pyrrole nitrogens is 1. The van der Waals surface area contributed by atoms with Crippen molar-refractivity contribution in [2.24, 2.45) is 28.1 Å².